The third-order valence-corrected chi connectivity index (χ3v) is 5.60. The van der Waals surface area contributed by atoms with E-state index in [9.17, 15) is 0 Å². The van der Waals surface area contributed by atoms with Crippen LogP contribution in [-0.4, -0.2) is 18.5 Å². The van der Waals surface area contributed by atoms with Crippen molar-refractivity contribution in [2.24, 2.45) is 0 Å². The molecule has 0 radical (unpaired) electrons. The summed E-state index contributed by atoms with van der Waals surface area (Å²) in [6.07, 6.45) is 9.07. The average Bonchev–Trinajstić information content (AvgIpc) is 2.06. The van der Waals surface area contributed by atoms with Gasteiger partial charge in [-0.1, -0.05) is 44.5 Å². The SMILES string of the molecule is C=CC[P+](C=C)(CC=C)CC=C. The summed E-state index contributed by atoms with van der Waals surface area (Å²) >= 11 is 0. The first kappa shape index (κ1) is 11.4. The van der Waals surface area contributed by atoms with Crippen LogP contribution in [0.2, 0.25) is 0 Å². The normalized spacial score (nSPS) is 10.3. The molecule has 0 aromatic carbocycles. The highest BCUT2D eigenvalue weighted by Crippen LogP contribution is 2.59. The summed E-state index contributed by atoms with van der Waals surface area (Å²) in [7, 11) is -1.07. The van der Waals surface area contributed by atoms with E-state index in [-0.39, 0.29) is 0 Å². The van der Waals surface area contributed by atoms with Crippen LogP contribution in [0.5, 0.6) is 0 Å². The Morgan fingerprint density at radius 1 is 0.750 bits per heavy atom. The van der Waals surface area contributed by atoms with Crippen LogP contribution in [0.25, 0.3) is 0 Å². The highest BCUT2D eigenvalue weighted by molar-refractivity contribution is 7.79. The quantitative estimate of drug-likeness (QED) is 0.415. The molecule has 0 aromatic rings. The monoisotopic (exact) mass is 181 g/mol. The molecule has 0 spiro atoms. The Balaban J connectivity index is 4.45. The van der Waals surface area contributed by atoms with Crippen molar-refractivity contribution in [1.82, 2.24) is 0 Å². The summed E-state index contributed by atoms with van der Waals surface area (Å²) in [5, 5.41) is 0. The standard InChI is InChI=1S/C11H18P/c1-5-9-12(8-4,10-6-2)11-7-3/h5-8H,1-4,9-11H2/q+1. The van der Waals surface area contributed by atoms with Crippen molar-refractivity contribution in [3.05, 3.63) is 50.4 Å². The van der Waals surface area contributed by atoms with Crippen molar-refractivity contribution >= 4 is 7.26 Å². The van der Waals surface area contributed by atoms with Gasteiger partial charge < -0.3 is 0 Å². The molecule has 0 atom stereocenters. The summed E-state index contributed by atoms with van der Waals surface area (Å²) in [4.78, 5) is 0. The van der Waals surface area contributed by atoms with E-state index in [1.807, 2.05) is 18.2 Å². The molecule has 1 heteroatoms. The van der Waals surface area contributed by atoms with Gasteiger partial charge in [0.1, 0.15) is 0 Å². The molecule has 12 heavy (non-hydrogen) atoms. The lowest BCUT2D eigenvalue weighted by atomic mass is 10.7. The minimum atomic E-state index is -1.07. The Hall–Kier alpha value is -0.610. The topological polar surface area (TPSA) is 0 Å². The van der Waals surface area contributed by atoms with Crippen molar-refractivity contribution in [2.75, 3.05) is 18.5 Å². The molecule has 0 nitrogen and oxygen atoms in total. The smallest absolute Gasteiger partial charge is 0.0818 e. The molecule has 0 saturated carbocycles. The molecule has 0 unspecified atom stereocenters. The fourth-order valence-corrected chi connectivity index (χ4v) is 3.66. The average molecular weight is 181 g/mol. The first-order valence-electron chi connectivity index (χ1n) is 4.06. The molecule has 0 aliphatic carbocycles. The molecule has 66 valence electrons. The van der Waals surface area contributed by atoms with Crippen LogP contribution in [0, 0.1) is 0 Å². The van der Waals surface area contributed by atoms with Gasteiger partial charge in [-0.05, 0) is 0 Å². The van der Waals surface area contributed by atoms with E-state index in [1.54, 1.807) is 0 Å². The Kier molecular flexibility index (Phi) is 5.66. The minimum absolute atomic E-state index is 1.05. The third kappa shape index (κ3) is 3.19. The molecule has 0 aromatic heterocycles. The van der Waals surface area contributed by atoms with Gasteiger partial charge in [0.15, 0.2) is 0 Å². The van der Waals surface area contributed by atoms with Crippen LogP contribution in [0.3, 0.4) is 0 Å². The van der Waals surface area contributed by atoms with Gasteiger partial charge in [0, 0.05) is 0 Å². The minimum Gasteiger partial charge on any atom is -0.0995 e. The predicted molar refractivity (Wildman–Crippen MR) is 62.3 cm³/mol. The second-order valence-electron chi connectivity index (χ2n) is 2.81. The van der Waals surface area contributed by atoms with Gasteiger partial charge in [-0.3, -0.25) is 0 Å². The maximum atomic E-state index is 3.90. The molecule has 0 aliphatic rings. The number of hydrogen-bond acceptors (Lipinski definition) is 0. The Morgan fingerprint density at radius 3 is 1.25 bits per heavy atom. The highest BCUT2D eigenvalue weighted by Gasteiger charge is 2.29. The predicted octanol–water partition coefficient (Wildman–Crippen LogP) is 3.71. The molecule has 0 fully saturated rings. The first-order chi connectivity index (χ1) is 5.74. The maximum Gasteiger partial charge on any atom is 0.0818 e. The van der Waals surface area contributed by atoms with E-state index in [1.165, 1.54) is 0 Å². The third-order valence-electron chi connectivity index (χ3n) is 1.87. The molecule has 0 rings (SSSR count). The lowest BCUT2D eigenvalue weighted by Gasteiger charge is -2.18. The van der Waals surface area contributed by atoms with Crippen molar-refractivity contribution in [2.45, 2.75) is 0 Å². The Morgan fingerprint density at radius 2 is 1.08 bits per heavy atom. The summed E-state index contributed by atoms with van der Waals surface area (Å²) in [6, 6.07) is 0. The van der Waals surface area contributed by atoms with Crippen LogP contribution in [0.15, 0.2) is 50.4 Å². The van der Waals surface area contributed by atoms with Gasteiger partial charge in [-0.25, -0.2) is 0 Å². The Bertz CT molecular complexity index is 153. The molecule has 0 aliphatic heterocycles. The van der Waals surface area contributed by atoms with Gasteiger partial charge in [-0.2, -0.15) is 0 Å². The van der Waals surface area contributed by atoms with Crippen molar-refractivity contribution in [3.63, 3.8) is 0 Å². The van der Waals surface area contributed by atoms with E-state index < -0.39 is 7.26 Å². The zero-order valence-corrected chi connectivity index (χ0v) is 8.60. The van der Waals surface area contributed by atoms with Gasteiger partial charge in [0.25, 0.3) is 0 Å². The van der Waals surface area contributed by atoms with Crippen LogP contribution >= 0.6 is 7.26 Å². The van der Waals surface area contributed by atoms with E-state index in [0.29, 0.717) is 0 Å². The fourth-order valence-electron chi connectivity index (χ4n) is 1.22. The number of rotatable bonds is 7. The summed E-state index contributed by atoms with van der Waals surface area (Å²) in [6.45, 7) is 15.2. The summed E-state index contributed by atoms with van der Waals surface area (Å²) < 4.78 is 0. The van der Waals surface area contributed by atoms with Gasteiger partial charge in [-0.15, -0.1) is 0 Å². The zero-order chi connectivity index (χ0) is 9.45. The molecular formula is C11H18P+. The van der Waals surface area contributed by atoms with Crippen molar-refractivity contribution < 1.29 is 0 Å². The second kappa shape index (κ2) is 5.97. The van der Waals surface area contributed by atoms with Crippen molar-refractivity contribution in [3.8, 4) is 0 Å². The maximum absolute atomic E-state index is 3.90. The molecule has 0 amide bonds. The second-order valence-corrected chi connectivity index (χ2v) is 6.71. The van der Waals surface area contributed by atoms with E-state index >= 15 is 0 Å². The number of hydrogen-bond donors (Lipinski definition) is 0. The molecular weight excluding hydrogens is 163 g/mol. The molecule has 0 heterocycles. The van der Waals surface area contributed by atoms with Crippen LogP contribution in [-0.2, 0) is 0 Å². The largest absolute Gasteiger partial charge is 0.0995 e. The van der Waals surface area contributed by atoms with Gasteiger partial charge in [0.05, 0.1) is 31.6 Å². The van der Waals surface area contributed by atoms with E-state index in [2.05, 4.69) is 32.1 Å². The Labute approximate surface area is 76.7 Å². The van der Waals surface area contributed by atoms with Gasteiger partial charge >= 0.3 is 0 Å². The van der Waals surface area contributed by atoms with Crippen LogP contribution < -0.4 is 0 Å². The lowest BCUT2D eigenvalue weighted by molar-refractivity contribution is 1.55. The number of allylic oxidation sites excluding steroid dienone is 3. The van der Waals surface area contributed by atoms with Crippen LogP contribution in [0.1, 0.15) is 0 Å². The van der Waals surface area contributed by atoms with Gasteiger partial charge in [0.2, 0.25) is 0 Å². The fraction of sp³-hybridized carbons (Fsp3) is 0.273. The summed E-state index contributed by atoms with van der Waals surface area (Å²) in [5.74, 6) is 2.10. The molecule has 0 saturated heterocycles. The molecule has 0 N–H and O–H groups in total. The van der Waals surface area contributed by atoms with E-state index in [4.69, 9.17) is 0 Å². The lowest BCUT2D eigenvalue weighted by Crippen LogP contribution is -2.00. The molecule has 0 bridgehead atoms. The first-order valence-corrected chi connectivity index (χ1v) is 6.48. The highest BCUT2D eigenvalue weighted by atomic mass is 31.2. The van der Waals surface area contributed by atoms with Crippen LogP contribution in [0.4, 0.5) is 0 Å². The van der Waals surface area contributed by atoms with Crippen molar-refractivity contribution in [1.29, 1.82) is 0 Å². The summed E-state index contributed by atoms with van der Waals surface area (Å²) in [5.41, 5.74) is 0. The van der Waals surface area contributed by atoms with E-state index in [0.717, 1.165) is 18.5 Å². The zero-order valence-electron chi connectivity index (χ0n) is 7.71.